The second-order valence-electron chi connectivity index (χ2n) is 6.21. The molecule has 122 valence electrons. The zero-order valence-corrected chi connectivity index (χ0v) is 14.2. The van der Waals surface area contributed by atoms with Crippen molar-refractivity contribution in [3.63, 3.8) is 0 Å². The number of amides is 1. The van der Waals surface area contributed by atoms with Gasteiger partial charge in [-0.3, -0.25) is 4.79 Å². The van der Waals surface area contributed by atoms with E-state index in [-0.39, 0.29) is 17.9 Å². The van der Waals surface area contributed by atoms with Gasteiger partial charge in [-0.1, -0.05) is 73.7 Å². The van der Waals surface area contributed by atoms with Crippen molar-refractivity contribution in [2.24, 2.45) is 0 Å². The highest BCUT2D eigenvalue weighted by atomic mass is 16.1. The SMILES string of the molecule is CC[C@H](C(=O)N[C@@H](C)c1ccc2ccccc2c1)c1ccccc1. The number of carbonyl (C=O) groups excluding carboxylic acids is 1. The van der Waals surface area contributed by atoms with E-state index >= 15 is 0 Å². The summed E-state index contributed by atoms with van der Waals surface area (Å²) in [4.78, 5) is 12.7. The molecule has 0 radical (unpaired) electrons. The Kier molecular flexibility index (Phi) is 4.95. The average Bonchev–Trinajstić information content (AvgIpc) is 2.62. The molecular weight excluding hydrogens is 294 g/mol. The fourth-order valence-electron chi connectivity index (χ4n) is 3.13. The molecule has 0 unspecified atom stereocenters. The van der Waals surface area contributed by atoms with Crippen LogP contribution in [0.15, 0.2) is 72.8 Å². The maximum Gasteiger partial charge on any atom is 0.228 e. The largest absolute Gasteiger partial charge is 0.349 e. The van der Waals surface area contributed by atoms with Gasteiger partial charge in [-0.15, -0.1) is 0 Å². The number of hydrogen-bond donors (Lipinski definition) is 1. The molecule has 1 N–H and O–H groups in total. The summed E-state index contributed by atoms with van der Waals surface area (Å²) >= 11 is 0. The van der Waals surface area contributed by atoms with Crippen LogP contribution in [0.3, 0.4) is 0 Å². The number of rotatable bonds is 5. The molecule has 3 rings (SSSR count). The number of hydrogen-bond acceptors (Lipinski definition) is 1. The summed E-state index contributed by atoms with van der Waals surface area (Å²) in [6.45, 7) is 4.09. The average molecular weight is 317 g/mol. The lowest BCUT2D eigenvalue weighted by Gasteiger charge is -2.20. The minimum atomic E-state index is -0.103. The summed E-state index contributed by atoms with van der Waals surface area (Å²) in [6.07, 6.45) is 0.792. The lowest BCUT2D eigenvalue weighted by atomic mass is 9.95. The van der Waals surface area contributed by atoms with E-state index in [0.717, 1.165) is 17.5 Å². The van der Waals surface area contributed by atoms with E-state index < -0.39 is 0 Å². The molecule has 0 aliphatic heterocycles. The van der Waals surface area contributed by atoms with Crippen LogP contribution in [0.4, 0.5) is 0 Å². The van der Waals surface area contributed by atoms with Crippen molar-refractivity contribution in [1.29, 1.82) is 0 Å². The molecule has 0 bridgehead atoms. The summed E-state index contributed by atoms with van der Waals surface area (Å²) in [6, 6.07) is 24.6. The molecule has 0 aliphatic carbocycles. The fourth-order valence-corrected chi connectivity index (χ4v) is 3.13. The van der Waals surface area contributed by atoms with Gasteiger partial charge in [-0.25, -0.2) is 0 Å². The third-order valence-electron chi connectivity index (χ3n) is 4.56. The minimum Gasteiger partial charge on any atom is -0.349 e. The highest BCUT2D eigenvalue weighted by Crippen LogP contribution is 2.23. The molecule has 1 amide bonds. The Hall–Kier alpha value is -2.61. The molecular formula is C22H23NO. The molecule has 0 fully saturated rings. The van der Waals surface area contributed by atoms with Crippen molar-refractivity contribution in [2.45, 2.75) is 32.2 Å². The predicted octanol–water partition coefficient (Wildman–Crippen LogP) is 5.21. The van der Waals surface area contributed by atoms with Gasteiger partial charge in [0.05, 0.1) is 12.0 Å². The Bertz CT molecular complexity index is 826. The normalized spacial score (nSPS) is 13.4. The number of carbonyl (C=O) groups is 1. The Labute approximate surface area is 143 Å². The molecule has 0 aromatic heterocycles. The summed E-state index contributed by atoms with van der Waals surface area (Å²) in [5, 5.41) is 5.59. The van der Waals surface area contributed by atoms with Crippen LogP contribution in [0.5, 0.6) is 0 Å². The topological polar surface area (TPSA) is 29.1 Å². The summed E-state index contributed by atoms with van der Waals surface area (Å²) in [5.41, 5.74) is 2.20. The van der Waals surface area contributed by atoms with Gasteiger partial charge in [0.15, 0.2) is 0 Å². The monoisotopic (exact) mass is 317 g/mol. The Balaban J connectivity index is 1.77. The van der Waals surface area contributed by atoms with Gasteiger partial charge in [0.1, 0.15) is 0 Å². The van der Waals surface area contributed by atoms with Gasteiger partial charge in [-0.2, -0.15) is 0 Å². The Morgan fingerprint density at radius 2 is 1.54 bits per heavy atom. The van der Waals surface area contributed by atoms with Crippen LogP contribution in [-0.4, -0.2) is 5.91 Å². The van der Waals surface area contributed by atoms with E-state index in [1.54, 1.807) is 0 Å². The minimum absolute atomic E-state index is 0.0140. The van der Waals surface area contributed by atoms with Gasteiger partial charge < -0.3 is 5.32 Å². The summed E-state index contributed by atoms with van der Waals surface area (Å²) < 4.78 is 0. The molecule has 0 heterocycles. The maximum absolute atomic E-state index is 12.7. The molecule has 0 aliphatic rings. The number of benzene rings is 3. The van der Waals surface area contributed by atoms with Crippen LogP contribution in [0, 0.1) is 0 Å². The number of fused-ring (bicyclic) bond motifs is 1. The molecule has 2 heteroatoms. The second-order valence-corrected chi connectivity index (χ2v) is 6.21. The van der Waals surface area contributed by atoms with Crippen molar-refractivity contribution in [3.8, 4) is 0 Å². The van der Waals surface area contributed by atoms with E-state index in [2.05, 4.69) is 42.6 Å². The van der Waals surface area contributed by atoms with Crippen LogP contribution in [-0.2, 0) is 4.79 Å². The molecule has 24 heavy (non-hydrogen) atoms. The molecule has 2 nitrogen and oxygen atoms in total. The van der Waals surface area contributed by atoms with E-state index in [4.69, 9.17) is 0 Å². The lowest BCUT2D eigenvalue weighted by Crippen LogP contribution is -2.31. The van der Waals surface area contributed by atoms with Gasteiger partial charge in [0.25, 0.3) is 0 Å². The van der Waals surface area contributed by atoms with Crippen LogP contribution >= 0.6 is 0 Å². The van der Waals surface area contributed by atoms with E-state index in [0.29, 0.717) is 0 Å². The third-order valence-corrected chi connectivity index (χ3v) is 4.56. The first kappa shape index (κ1) is 16.3. The summed E-state index contributed by atoms with van der Waals surface area (Å²) in [5.74, 6) is -0.0153. The van der Waals surface area contributed by atoms with Crippen molar-refractivity contribution >= 4 is 16.7 Å². The molecule has 3 aromatic rings. The van der Waals surface area contributed by atoms with E-state index in [9.17, 15) is 4.79 Å². The Morgan fingerprint density at radius 3 is 2.25 bits per heavy atom. The van der Waals surface area contributed by atoms with Crippen LogP contribution in [0.25, 0.3) is 10.8 Å². The smallest absolute Gasteiger partial charge is 0.228 e. The zero-order valence-electron chi connectivity index (χ0n) is 14.2. The fraction of sp³-hybridized carbons (Fsp3) is 0.227. The van der Waals surface area contributed by atoms with E-state index in [1.165, 1.54) is 10.8 Å². The van der Waals surface area contributed by atoms with Gasteiger partial charge >= 0.3 is 0 Å². The van der Waals surface area contributed by atoms with Gasteiger partial charge in [-0.05, 0) is 41.3 Å². The predicted molar refractivity (Wildman–Crippen MR) is 100.0 cm³/mol. The van der Waals surface area contributed by atoms with Crippen molar-refractivity contribution < 1.29 is 4.79 Å². The third kappa shape index (κ3) is 3.48. The van der Waals surface area contributed by atoms with E-state index in [1.807, 2.05) is 49.4 Å². The van der Waals surface area contributed by atoms with Crippen LogP contribution in [0.2, 0.25) is 0 Å². The standard InChI is InChI=1S/C22H23NO/c1-3-21(18-10-5-4-6-11-18)22(24)23-16(2)19-14-13-17-9-7-8-12-20(17)15-19/h4-16,21H,3H2,1-2H3,(H,23,24)/t16-,21-/m0/s1. The summed E-state index contributed by atoms with van der Waals surface area (Å²) in [7, 11) is 0. The maximum atomic E-state index is 12.7. The van der Waals surface area contributed by atoms with Crippen molar-refractivity contribution in [2.75, 3.05) is 0 Å². The lowest BCUT2D eigenvalue weighted by molar-refractivity contribution is -0.123. The van der Waals surface area contributed by atoms with Crippen molar-refractivity contribution in [3.05, 3.63) is 83.9 Å². The number of nitrogens with one attached hydrogen (secondary N) is 1. The van der Waals surface area contributed by atoms with Crippen LogP contribution < -0.4 is 5.32 Å². The van der Waals surface area contributed by atoms with Gasteiger partial charge in [0.2, 0.25) is 5.91 Å². The molecule has 0 spiro atoms. The quantitative estimate of drug-likeness (QED) is 0.687. The highest BCUT2D eigenvalue weighted by molar-refractivity contribution is 5.85. The van der Waals surface area contributed by atoms with Crippen LogP contribution in [0.1, 0.15) is 43.4 Å². The first-order valence-corrected chi connectivity index (χ1v) is 8.53. The first-order chi connectivity index (χ1) is 11.7. The van der Waals surface area contributed by atoms with Gasteiger partial charge in [0, 0.05) is 0 Å². The first-order valence-electron chi connectivity index (χ1n) is 8.53. The molecule has 2 atom stereocenters. The zero-order chi connectivity index (χ0) is 16.9. The molecule has 3 aromatic carbocycles. The molecule has 0 saturated carbocycles. The second kappa shape index (κ2) is 7.31. The highest BCUT2D eigenvalue weighted by Gasteiger charge is 2.20. The van der Waals surface area contributed by atoms with Crippen molar-refractivity contribution in [1.82, 2.24) is 5.32 Å². The Morgan fingerprint density at radius 1 is 0.875 bits per heavy atom. The molecule has 0 saturated heterocycles.